The van der Waals surface area contributed by atoms with Gasteiger partial charge in [0, 0.05) is 17.0 Å². The Morgan fingerprint density at radius 1 is 0.679 bits per heavy atom. The van der Waals surface area contributed by atoms with Gasteiger partial charge in [0.15, 0.2) is 11.6 Å². The van der Waals surface area contributed by atoms with Gasteiger partial charge in [-0.15, -0.1) is 0 Å². The Morgan fingerprint density at radius 3 is 1.79 bits per heavy atom. The first-order valence-electron chi connectivity index (χ1n) is 9.71. The van der Waals surface area contributed by atoms with Crippen LogP contribution in [-0.2, 0) is 5.41 Å². The normalized spacial score (nSPS) is 15.5. The van der Waals surface area contributed by atoms with Gasteiger partial charge < -0.3 is 0 Å². The molecular weight excluding hydrogens is 344 g/mol. The molecule has 1 aliphatic rings. The highest BCUT2D eigenvalue weighted by Gasteiger charge is 2.44. The number of carbonyl (C=O) groups is 2. The molecule has 0 N–H and O–H groups in total. The highest BCUT2D eigenvalue weighted by Crippen LogP contribution is 2.41. The van der Waals surface area contributed by atoms with Gasteiger partial charge in [0.2, 0.25) is 0 Å². The minimum absolute atomic E-state index is 0.0100. The van der Waals surface area contributed by atoms with Crippen LogP contribution in [0.2, 0.25) is 0 Å². The maximum absolute atomic E-state index is 13.3. The highest BCUT2D eigenvalue weighted by atomic mass is 16.2. The lowest BCUT2D eigenvalue weighted by atomic mass is 9.76. The van der Waals surface area contributed by atoms with Gasteiger partial charge in [0.1, 0.15) is 0 Å². The molecule has 4 rings (SSSR count). The predicted octanol–water partition coefficient (Wildman–Crippen LogP) is 5.81. The van der Waals surface area contributed by atoms with E-state index in [9.17, 15) is 9.59 Å². The molecule has 0 heterocycles. The zero-order valence-electron chi connectivity index (χ0n) is 16.5. The minimum atomic E-state index is -0.713. The van der Waals surface area contributed by atoms with Crippen LogP contribution in [-0.4, -0.2) is 11.6 Å². The minimum Gasteiger partial charge on any atom is -0.293 e. The standard InChI is InChI=1S/C26H24O2/c1-26(2,3)19-13-9-12-18(16-19)22(17-10-5-4-6-11-17)23-24(27)20-14-7-8-15-21(20)25(23)28/h4-16,22-23H,1-3H3. The fraction of sp³-hybridized carbons (Fsp3) is 0.231. The Balaban J connectivity index is 1.88. The number of hydrogen-bond acceptors (Lipinski definition) is 2. The van der Waals surface area contributed by atoms with E-state index in [0.29, 0.717) is 11.1 Å². The Bertz CT molecular complexity index is 1010. The van der Waals surface area contributed by atoms with E-state index in [1.54, 1.807) is 12.1 Å². The molecular formula is C26H24O2. The third-order valence-electron chi connectivity index (χ3n) is 5.63. The van der Waals surface area contributed by atoms with Crippen molar-refractivity contribution in [3.05, 3.63) is 107 Å². The molecule has 0 aromatic heterocycles. The van der Waals surface area contributed by atoms with E-state index in [1.807, 2.05) is 54.6 Å². The van der Waals surface area contributed by atoms with Gasteiger partial charge in [-0.05, 0) is 22.1 Å². The van der Waals surface area contributed by atoms with Crippen molar-refractivity contribution in [2.75, 3.05) is 0 Å². The summed E-state index contributed by atoms with van der Waals surface area (Å²) in [7, 11) is 0. The van der Waals surface area contributed by atoms with Gasteiger partial charge in [-0.25, -0.2) is 0 Å². The van der Waals surface area contributed by atoms with Gasteiger partial charge in [-0.3, -0.25) is 9.59 Å². The molecule has 0 fully saturated rings. The molecule has 2 heteroatoms. The Labute approximate surface area is 166 Å². The lowest BCUT2D eigenvalue weighted by Crippen LogP contribution is -2.25. The van der Waals surface area contributed by atoms with Crippen LogP contribution in [0.25, 0.3) is 0 Å². The molecule has 3 aromatic rings. The first-order chi connectivity index (χ1) is 13.4. The number of hydrogen-bond donors (Lipinski definition) is 0. The van der Waals surface area contributed by atoms with Gasteiger partial charge in [0.25, 0.3) is 0 Å². The van der Waals surface area contributed by atoms with E-state index in [2.05, 4.69) is 32.9 Å². The van der Waals surface area contributed by atoms with Crippen molar-refractivity contribution in [1.29, 1.82) is 0 Å². The maximum Gasteiger partial charge on any atom is 0.175 e. The van der Waals surface area contributed by atoms with Crippen LogP contribution in [0.3, 0.4) is 0 Å². The van der Waals surface area contributed by atoms with Gasteiger partial charge in [-0.1, -0.05) is 99.6 Å². The third kappa shape index (κ3) is 3.09. The number of carbonyl (C=O) groups excluding carboxylic acids is 2. The SMILES string of the molecule is CC(C)(C)c1cccc(C(c2ccccc2)C2C(=O)c3ccccc3C2=O)c1. The molecule has 28 heavy (non-hydrogen) atoms. The molecule has 1 aliphatic carbocycles. The molecule has 1 unspecified atom stereocenters. The summed E-state index contributed by atoms with van der Waals surface area (Å²) in [6.07, 6.45) is 0. The lowest BCUT2D eigenvalue weighted by molar-refractivity contribution is 0.0825. The molecule has 1 atom stereocenters. The van der Waals surface area contributed by atoms with Crippen LogP contribution >= 0.6 is 0 Å². The van der Waals surface area contributed by atoms with Crippen molar-refractivity contribution in [1.82, 2.24) is 0 Å². The van der Waals surface area contributed by atoms with Crippen LogP contribution in [0.1, 0.15) is 64.1 Å². The molecule has 0 amide bonds. The summed E-state index contributed by atoms with van der Waals surface area (Å²) >= 11 is 0. The van der Waals surface area contributed by atoms with E-state index < -0.39 is 5.92 Å². The summed E-state index contributed by atoms with van der Waals surface area (Å²) in [4.78, 5) is 26.5. The molecule has 0 aliphatic heterocycles. The van der Waals surface area contributed by atoms with E-state index in [4.69, 9.17) is 0 Å². The number of fused-ring (bicyclic) bond motifs is 1. The molecule has 0 saturated carbocycles. The highest BCUT2D eigenvalue weighted by molar-refractivity contribution is 6.27. The van der Waals surface area contributed by atoms with Crippen LogP contribution in [0.5, 0.6) is 0 Å². The van der Waals surface area contributed by atoms with Gasteiger partial charge in [-0.2, -0.15) is 0 Å². The van der Waals surface area contributed by atoms with Crippen LogP contribution in [0.4, 0.5) is 0 Å². The fourth-order valence-electron chi connectivity index (χ4n) is 4.11. The molecule has 0 spiro atoms. The molecule has 140 valence electrons. The fourth-order valence-corrected chi connectivity index (χ4v) is 4.11. The summed E-state index contributed by atoms with van der Waals surface area (Å²) in [6.45, 7) is 6.52. The van der Waals surface area contributed by atoms with Crippen molar-refractivity contribution >= 4 is 11.6 Å². The summed E-state index contributed by atoms with van der Waals surface area (Å²) in [6, 6.07) is 25.4. The largest absolute Gasteiger partial charge is 0.293 e. The van der Waals surface area contributed by atoms with Gasteiger partial charge >= 0.3 is 0 Å². The van der Waals surface area contributed by atoms with Crippen LogP contribution in [0, 0.1) is 5.92 Å². The Kier molecular flexibility index (Phi) is 4.50. The molecule has 0 bridgehead atoms. The van der Waals surface area contributed by atoms with Gasteiger partial charge in [0.05, 0.1) is 5.92 Å². The van der Waals surface area contributed by atoms with Crippen molar-refractivity contribution < 1.29 is 9.59 Å². The molecule has 0 radical (unpaired) electrons. The molecule has 3 aromatic carbocycles. The first-order valence-corrected chi connectivity index (χ1v) is 9.71. The zero-order valence-corrected chi connectivity index (χ0v) is 16.5. The third-order valence-corrected chi connectivity index (χ3v) is 5.63. The van der Waals surface area contributed by atoms with Crippen LogP contribution in [0.15, 0.2) is 78.9 Å². The summed E-state index contributed by atoms with van der Waals surface area (Å²) in [5, 5.41) is 0. The summed E-state index contributed by atoms with van der Waals surface area (Å²) in [5.41, 5.74) is 4.28. The second-order valence-electron chi connectivity index (χ2n) is 8.52. The summed E-state index contributed by atoms with van der Waals surface area (Å²) in [5.74, 6) is -1.16. The number of benzene rings is 3. The average molecular weight is 368 g/mol. The molecule has 0 saturated heterocycles. The lowest BCUT2D eigenvalue weighted by Gasteiger charge is -2.26. The monoisotopic (exact) mass is 368 g/mol. The van der Waals surface area contributed by atoms with Crippen molar-refractivity contribution in [2.45, 2.75) is 32.1 Å². The van der Waals surface area contributed by atoms with E-state index >= 15 is 0 Å². The smallest absolute Gasteiger partial charge is 0.175 e. The van der Waals surface area contributed by atoms with Crippen molar-refractivity contribution in [3.8, 4) is 0 Å². The Hall–Kier alpha value is -3.00. The van der Waals surface area contributed by atoms with E-state index in [-0.39, 0.29) is 22.9 Å². The topological polar surface area (TPSA) is 34.1 Å². The predicted molar refractivity (Wildman–Crippen MR) is 112 cm³/mol. The number of ketones is 2. The van der Waals surface area contributed by atoms with E-state index in [1.165, 1.54) is 5.56 Å². The molecule has 2 nitrogen and oxygen atoms in total. The van der Waals surface area contributed by atoms with Crippen LogP contribution < -0.4 is 0 Å². The average Bonchev–Trinajstić information content (AvgIpc) is 2.94. The second kappa shape index (κ2) is 6.87. The van der Waals surface area contributed by atoms with E-state index in [0.717, 1.165) is 11.1 Å². The second-order valence-corrected chi connectivity index (χ2v) is 8.52. The number of Topliss-reactive ketones (excluding diaryl/α,β-unsaturated/α-hetero) is 2. The first kappa shape index (κ1) is 18.4. The van der Waals surface area contributed by atoms with Crippen molar-refractivity contribution in [2.24, 2.45) is 5.92 Å². The quantitative estimate of drug-likeness (QED) is 0.547. The zero-order chi connectivity index (χ0) is 19.9. The maximum atomic E-state index is 13.3. The Morgan fingerprint density at radius 2 is 1.21 bits per heavy atom. The number of rotatable bonds is 3. The summed E-state index contributed by atoms with van der Waals surface area (Å²) < 4.78 is 0. The van der Waals surface area contributed by atoms with Crippen molar-refractivity contribution in [3.63, 3.8) is 0 Å².